The van der Waals surface area contributed by atoms with Gasteiger partial charge < -0.3 is 19.3 Å². The molecule has 3 heterocycles. The summed E-state index contributed by atoms with van der Waals surface area (Å²) < 4.78 is 18.6. The van der Waals surface area contributed by atoms with Crippen LogP contribution in [0.15, 0.2) is 52.7 Å². The van der Waals surface area contributed by atoms with E-state index in [2.05, 4.69) is 27.2 Å². The number of hydrogen-bond acceptors (Lipinski definition) is 8. The summed E-state index contributed by atoms with van der Waals surface area (Å²) in [6, 6.07) is 9.13. The first-order chi connectivity index (χ1) is 14.1. The van der Waals surface area contributed by atoms with Crippen molar-refractivity contribution in [2.45, 2.75) is 24.7 Å². The van der Waals surface area contributed by atoms with Gasteiger partial charge >= 0.3 is 0 Å². The Morgan fingerprint density at radius 1 is 1.38 bits per heavy atom. The average Bonchev–Trinajstić information content (AvgIpc) is 3.32. The molecule has 0 spiro atoms. The fourth-order valence-corrected chi connectivity index (χ4v) is 3.58. The maximum atomic E-state index is 12.2. The van der Waals surface area contributed by atoms with E-state index in [1.807, 2.05) is 28.8 Å². The second kappa shape index (κ2) is 8.39. The van der Waals surface area contributed by atoms with E-state index in [0.717, 1.165) is 0 Å². The number of ether oxygens (including phenoxy) is 2. The van der Waals surface area contributed by atoms with Crippen LogP contribution < -0.4 is 14.8 Å². The SMILES string of the molecule is C=CCn1c(SCC(=O)Nc2cc(C)on2)nnc1[C@H]1COc2ccccc2O1. The maximum Gasteiger partial charge on any atom is 0.236 e. The van der Waals surface area contributed by atoms with Gasteiger partial charge in [0.2, 0.25) is 5.91 Å². The molecule has 0 fully saturated rings. The van der Waals surface area contributed by atoms with E-state index in [9.17, 15) is 4.79 Å². The molecule has 150 valence electrons. The predicted molar refractivity (Wildman–Crippen MR) is 106 cm³/mol. The highest BCUT2D eigenvalue weighted by atomic mass is 32.2. The van der Waals surface area contributed by atoms with Crippen LogP contribution >= 0.6 is 11.8 Å². The van der Waals surface area contributed by atoms with Crippen LogP contribution in [0.25, 0.3) is 0 Å². The molecule has 10 heteroatoms. The molecule has 0 unspecified atom stereocenters. The minimum absolute atomic E-state index is 0.145. The van der Waals surface area contributed by atoms with E-state index in [1.165, 1.54) is 11.8 Å². The average molecular weight is 413 g/mol. The predicted octanol–water partition coefficient (Wildman–Crippen LogP) is 3.00. The number of nitrogens with one attached hydrogen (secondary N) is 1. The molecule has 1 amide bonds. The Hall–Kier alpha value is -3.27. The number of hydrogen-bond donors (Lipinski definition) is 1. The van der Waals surface area contributed by atoms with Crippen LogP contribution in [0.5, 0.6) is 11.5 Å². The summed E-state index contributed by atoms with van der Waals surface area (Å²) in [5, 5.41) is 15.5. The zero-order chi connectivity index (χ0) is 20.2. The van der Waals surface area contributed by atoms with Gasteiger partial charge in [-0.3, -0.25) is 9.36 Å². The molecule has 9 nitrogen and oxygen atoms in total. The number of para-hydroxylation sites is 2. The number of anilines is 1. The quantitative estimate of drug-likeness (QED) is 0.466. The number of nitrogens with zero attached hydrogens (tertiary/aromatic N) is 4. The van der Waals surface area contributed by atoms with Crippen molar-refractivity contribution >= 4 is 23.5 Å². The van der Waals surface area contributed by atoms with Crippen molar-refractivity contribution in [3.63, 3.8) is 0 Å². The molecular weight excluding hydrogens is 394 g/mol. The molecule has 1 atom stereocenters. The van der Waals surface area contributed by atoms with Gasteiger partial charge in [0.15, 0.2) is 34.4 Å². The lowest BCUT2D eigenvalue weighted by Gasteiger charge is -2.26. The third-order valence-electron chi connectivity index (χ3n) is 4.08. The molecule has 0 saturated heterocycles. The third kappa shape index (κ3) is 4.27. The summed E-state index contributed by atoms with van der Waals surface area (Å²) in [6.07, 6.45) is 1.34. The number of amides is 1. The van der Waals surface area contributed by atoms with Crippen LogP contribution in [0.4, 0.5) is 5.82 Å². The van der Waals surface area contributed by atoms with Gasteiger partial charge in [-0.15, -0.1) is 16.8 Å². The van der Waals surface area contributed by atoms with E-state index >= 15 is 0 Å². The van der Waals surface area contributed by atoms with Gasteiger partial charge in [-0.2, -0.15) is 0 Å². The van der Waals surface area contributed by atoms with Crippen molar-refractivity contribution in [1.29, 1.82) is 0 Å². The van der Waals surface area contributed by atoms with Crippen LogP contribution in [0.1, 0.15) is 17.7 Å². The van der Waals surface area contributed by atoms with Crippen LogP contribution in [0.3, 0.4) is 0 Å². The number of thioether (sulfide) groups is 1. The molecule has 0 radical (unpaired) electrons. The summed E-state index contributed by atoms with van der Waals surface area (Å²) >= 11 is 1.27. The maximum absolute atomic E-state index is 12.2. The van der Waals surface area contributed by atoms with Crippen molar-refractivity contribution in [3.8, 4) is 11.5 Å². The van der Waals surface area contributed by atoms with E-state index in [-0.39, 0.29) is 11.7 Å². The second-order valence-electron chi connectivity index (χ2n) is 6.26. The van der Waals surface area contributed by atoms with Gasteiger partial charge in [-0.05, 0) is 19.1 Å². The number of fused-ring (bicyclic) bond motifs is 1. The van der Waals surface area contributed by atoms with Crippen LogP contribution in [-0.2, 0) is 11.3 Å². The number of aromatic nitrogens is 4. The van der Waals surface area contributed by atoms with Gasteiger partial charge in [0.05, 0.1) is 5.75 Å². The molecule has 1 N–H and O–H groups in total. The summed E-state index contributed by atoms with van der Waals surface area (Å²) in [6.45, 7) is 6.36. The molecule has 0 saturated carbocycles. The lowest BCUT2D eigenvalue weighted by atomic mass is 10.2. The minimum Gasteiger partial charge on any atom is -0.485 e. The largest absolute Gasteiger partial charge is 0.485 e. The first kappa shape index (κ1) is 19.1. The van der Waals surface area contributed by atoms with Crippen LogP contribution in [0, 0.1) is 6.92 Å². The van der Waals surface area contributed by atoms with Crippen LogP contribution in [-0.4, -0.2) is 38.2 Å². The third-order valence-corrected chi connectivity index (χ3v) is 5.05. The topological polar surface area (TPSA) is 104 Å². The lowest BCUT2D eigenvalue weighted by molar-refractivity contribution is -0.113. The molecule has 1 aromatic carbocycles. The number of allylic oxidation sites excluding steroid dienone is 1. The lowest BCUT2D eigenvalue weighted by Crippen LogP contribution is -2.25. The van der Waals surface area contributed by atoms with Gasteiger partial charge in [-0.25, -0.2) is 0 Å². The second-order valence-corrected chi connectivity index (χ2v) is 7.21. The number of rotatable bonds is 7. The van der Waals surface area contributed by atoms with Gasteiger partial charge in [0.1, 0.15) is 12.4 Å². The first-order valence-corrected chi connectivity index (χ1v) is 9.91. The molecule has 1 aliphatic heterocycles. The standard InChI is InChI=1S/C19H19N5O4S/c1-3-8-24-18(15-10-26-13-6-4-5-7-14(13)27-15)21-22-19(24)29-11-17(25)20-16-9-12(2)28-23-16/h3-7,9,15H,1,8,10-11H2,2H3,(H,20,23,25)/t15-/m1/s1. The number of carbonyl (C=O) groups excluding carboxylic acids is 1. The normalized spacial score (nSPS) is 15.1. The van der Waals surface area contributed by atoms with Crippen molar-refractivity contribution in [2.24, 2.45) is 0 Å². The Bertz CT molecular complexity index is 1030. The van der Waals surface area contributed by atoms with E-state index in [4.69, 9.17) is 14.0 Å². The number of benzene rings is 1. The highest BCUT2D eigenvalue weighted by Crippen LogP contribution is 2.36. The molecular formula is C19H19N5O4S. The summed E-state index contributed by atoms with van der Waals surface area (Å²) in [5.74, 6) is 2.92. The molecule has 2 aromatic heterocycles. The molecule has 29 heavy (non-hydrogen) atoms. The monoisotopic (exact) mass is 413 g/mol. The zero-order valence-electron chi connectivity index (χ0n) is 15.7. The first-order valence-electron chi connectivity index (χ1n) is 8.92. The van der Waals surface area contributed by atoms with Gasteiger partial charge in [0.25, 0.3) is 0 Å². The highest BCUT2D eigenvalue weighted by molar-refractivity contribution is 7.99. The van der Waals surface area contributed by atoms with Crippen LogP contribution in [0.2, 0.25) is 0 Å². The Balaban J connectivity index is 1.45. The summed E-state index contributed by atoms with van der Waals surface area (Å²) in [5.41, 5.74) is 0. The van der Waals surface area contributed by atoms with E-state index in [1.54, 1.807) is 19.1 Å². The smallest absolute Gasteiger partial charge is 0.236 e. The number of carbonyl (C=O) groups is 1. The fraction of sp³-hybridized carbons (Fsp3) is 0.263. The fourth-order valence-electron chi connectivity index (χ4n) is 2.83. The Labute approximate surface area is 171 Å². The Morgan fingerprint density at radius 3 is 2.97 bits per heavy atom. The minimum atomic E-state index is -0.404. The summed E-state index contributed by atoms with van der Waals surface area (Å²) in [7, 11) is 0. The van der Waals surface area contributed by atoms with Crippen molar-refractivity contribution < 1.29 is 18.8 Å². The van der Waals surface area contributed by atoms with Gasteiger partial charge in [-0.1, -0.05) is 35.1 Å². The Kier molecular flexibility index (Phi) is 5.52. The van der Waals surface area contributed by atoms with Gasteiger partial charge in [0, 0.05) is 12.6 Å². The highest BCUT2D eigenvalue weighted by Gasteiger charge is 2.28. The molecule has 4 rings (SSSR count). The van der Waals surface area contributed by atoms with E-state index in [0.29, 0.717) is 47.2 Å². The molecule has 0 aliphatic carbocycles. The molecule has 3 aromatic rings. The Morgan fingerprint density at radius 2 is 2.21 bits per heavy atom. The number of aryl methyl sites for hydroxylation is 1. The van der Waals surface area contributed by atoms with Crippen molar-refractivity contribution in [1.82, 2.24) is 19.9 Å². The van der Waals surface area contributed by atoms with E-state index < -0.39 is 6.10 Å². The molecule has 0 bridgehead atoms. The zero-order valence-corrected chi connectivity index (χ0v) is 16.5. The van der Waals surface area contributed by atoms with Crippen molar-refractivity contribution in [2.75, 3.05) is 17.7 Å². The van der Waals surface area contributed by atoms with Crippen molar-refractivity contribution in [3.05, 3.63) is 54.6 Å². The molecule has 1 aliphatic rings. The summed E-state index contributed by atoms with van der Waals surface area (Å²) in [4.78, 5) is 12.2.